The van der Waals surface area contributed by atoms with Gasteiger partial charge in [-0.3, -0.25) is 14.9 Å². The molecular weight excluding hydrogens is 270 g/mol. The lowest BCUT2D eigenvalue weighted by Gasteiger charge is -2.14. The van der Waals surface area contributed by atoms with E-state index in [1.807, 2.05) is 6.92 Å². The number of anilines is 1. The lowest BCUT2D eigenvalue weighted by Crippen LogP contribution is -2.28. The monoisotopic (exact) mass is 283 g/mol. The first-order valence-corrected chi connectivity index (χ1v) is 6.32. The first-order chi connectivity index (χ1) is 8.99. The van der Waals surface area contributed by atoms with Crippen LogP contribution < -0.4 is 10.6 Å². The Hall–Kier alpha value is -1.66. The summed E-state index contributed by atoms with van der Waals surface area (Å²) in [4.78, 5) is 22.4. The Labute approximate surface area is 115 Å². The summed E-state index contributed by atoms with van der Waals surface area (Å²) >= 11 is 5.72. The van der Waals surface area contributed by atoms with Gasteiger partial charge in [-0.15, -0.1) is 0 Å². The van der Waals surface area contributed by atoms with Gasteiger partial charge in [0.15, 0.2) is 0 Å². The van der Waals surface area contributed by atoms with E-state index in [2.05, 4.69) is 10.6 Å². The molecule has 1 aromatic rings. The van der Waals surface area contributed by atoms with E-state index in [1.165, 1.54) is 18.2 Å². The van der Waals surface area contributed by atoms with Crippen LogP contribution in [0.5, 0.6) is 0 Å². The predicted octanol–water partition coefficient (Wildman–Crippen LogP) is 2.04. The third-order valence-corrected chi connectivity index (χ3v) is 3.50. The molecule has 2 N–H and O–H groups in total. The highest BCUT2D eigenvalue weighted by Crippen LogP contribution is 2.29. The van der Waals surface area contributed by atoms with Gasteiger partial charge < -0.3 is 10.6 Å². The van der Waals surface area contributed by atoms with Crippen molar-refractivity contribution in [2.45, 2.75) is 6.92 Å². The Balaban J connectivity index is 2.19. The van der Waals surface area contributed by atoms with Gasteiger partial charge in [0.2, 0.25) is 5.91 Å². The van der Waals surface area contributed by atoms with Gasteiger partial charge in [-0.1, -0.05) is 18.5 Å². The van der Waals surface area contributed by atoms with Crippen LogP contribution in [0, 0.1) is 22.0 Å². The molecule has 2 atom stereocenters. The van der Waals surface area contributed by atoms with Gasteiger partial charge in [-0.25, -0.2) is 0 Å². The molecule has 102 valence electrons. The highest BCUT2D eigenvalue weighted by Gasteiger charge is 2.30. The highest BCUT2D eigenvalue weighted by atomic mass is 35.5. The van der Waals surface area contributed by atoms with Gasteiger partial charge in [0.25, 0.3) is 5.69 Å². The summed E-state index contributed by atoms with van der Waals surface area (Å²) in [6, 6.07) is 4.19. The second kappa shape index (κ2) is 5.54. The molecule has 2 rings (SSSR count). The van der Waals surface area contributed by atoms with Gasteiger partial charge in [-0.05, 0) is 24.6 Å². The van der Waals surface area contributed by atoms with Crippen molar-refractivity contribution in [3.63, 3.8) is 0 Å². The molecule has 1 amide bonds. The molecule has 1 fully saturated rings. The van der Waals surface area contributed by atoms with Crippen molar-refractivity contribution in [1.29, 1.82) is 0 Å². The van der Waals surface area contributed by atoms with Crippen molar-refractivity contribution >= 4 is 28.9 Å². The van der Waals surface area contributed by atoms with Gasteiger partial charge in [0, 0.05) is 17.6 Å². The molecule has 2 unspecified atom stereocenters. The summed E-state index contributed by atoms with van der Waals surface area (Å²) in [6.45, 7) is 3.34. The number of rotatable bonds is 3. The second-order valence-corrected chi connectivity index (χ2v) is 5.09. The number of nitro groups is 1. The van der Waals surface area contributed by atoms with Crippen LogP contribution in [0.1, 0.15) is 6.92 Å². The normalized spacial score (nSPS) is 22.2. The number of hydrogen-bond donors (Lipinski definition) is 2. The molecule has 0 radical (unpaired) electrons. The van der Waals surface area contributed by atoms with Crippen LogP contribution in [0.2, 0.25) is 5.02 Å². The van der Waals surface area contributed by atoms with E-state index in [1.54, 1.807) is 0 Å². The topological polar surface area (TPSA) is 84.3 Å². The van der Waals surface area contributed by atoms with Gasteiger partial charge >= 0.3 is 0 Å². The molecule has 1 aliphatic rings. The summed E-state index contributed by atoms with van der Waals surface area (Å²) in [5.74, 6) is -0.162. The van der Waals surface area contributed by atoms with Crippen molar-refractivity contribution in [2.24, 2.45) is 11.8 Å². The van der Waals surface area contributed by atoms with E-state index in [0.29, 0.717) is 6.54 Å². The first kappa shape index (κ1) is 13.8. The van der Waals surface area contributed by atoms with Gasteiger partial charge in [-0.2, -0.15) is 0 Å². The number of nitrogens with zero attached hydrogens (tertiary/aromatic N) is 1. The summed E-state index contributed by atoms with van der Waals surface area (Å²) < 4.78 is 0. The highest BCUT2D eigenvalue weighted by molar-refractivity contribution is 6.31. The second-order valence-electron chi connectivity index (χ2n) is 4.65. The maximum absolute atomic E-state index is 12.1. The number of hydrogen-bond acceptors (Lipinski definition) is 4. The predicted molar refractivity (Wildman–Crippen MR) is 72.3 cm³/mol. The number of carbonyl (C=O) groups is 1. The molecular formula is C12H14ClN3O3. The quantitative estimate of drug-likeness (QED) is 0.657. The molecule has 1 heterocycles. The van der Waals surface area contributed by atoms with E-state index < -0.39 is 4.92 Å². The molecule has 0 aromatic heterocycles. The Kier molecular flexibility index (Phi) is 4.01. The van der Waals surface area contributed by atoms with Crippen molar-refractivity contribution < 1.29 is 9.72 Å². The van der Waals surface area contributed by atoms with Crippen LogP contribution in [0.25, 0.3) is 0 Å². The number of amides is 1. The summed E-state index contributed by atoms with van der Waals surface area (Å²) in [5.41, 5.74) is -0.0158. The Bertz CT molecular complexity index is 521. The van der Waals surface area contributed by atoms with Crippen molar-refractivity contribution in [1.82, 2.24) is 5.32 Å². The van der Waals surface area contributed by atoms with E-state index in [4.69, 9.17) is 11.6 Å². The van der Waals surface area contributed by atoms with Gasteiger partial charge in [0.1, 0.15) is 5.69 Å². The average Bonchev–Trinajstić information content (AvgIpc) is 2.77. The molecule has 0 bridgehead atoms. The Morgan fingerprint density at radius 3 is 2.84 bits per heavy atom. The summed E-state index contributed by atoms with van der Waals surface area (Å²) in [7, 11) is 0. The zero-order valence-corrected chi connectivity index (χ0v) is 11.1. The molecule has 1 aromatic carbocycles. The molecule has 1 saturated heterocycles. The largest absolute Gasteiger partial charge is 0.320 e. The number of nitrogens with one attached hydrogen (secondary N) is 2. The number of nitro benzene ring substituents is 1. The fourth-order valence-corrected chi connectivity index (χ4v) is 2.31. The third kappa shape index (κ3) is 3.02. The SMILES string of the molecule is CC1CNCC1C(=O)Nc1ccc(Cl)cc1[N+](=O)[O-]. The molecule has 0 saturated carbocycles. The average molecular weight is 284 g/mol. The lowest BCUT2D eigenvalue weighted by atomic mass is 9.97. The van der Waals surface area contributed by atoms with E-state index in [9.17, 15) is 14.9 Å². The Morgan fingerprint density at radius 2 is 2.26 bits per heavy atom. The maximum Gasteiger partial charge on any atom is 0.294 e. The van der Waals surface area contributed by atoms with Gasteiger partial charge in [0.05, 0.1) is 10.8 Å². The molecule has 7 heteroatoms. The van der Waals surface area contributed by atoms with Crippen molar-refractivity contribution in [3.8, 4) is 0 Å². The van der Waals surface area contributed by atoms with E-state index in [0.717, 1.165) is 6.54 Å². The number of halogens is 1. The number of benzene rings is 1. The smallest absolute Gasteiger partial charge is 0.294 e. The number of carbonyl (C=O) groups excluding carboxylic acids is 1. The van der Waals surface area contributed by atoms with Crippen LogP contribution in [0.4, 0.5) is 11.4 Å². The fraction of sp³-hybridized carbons (Fsp3) is 0.417. The van der Waals surface area contributed by atoms with Crippen LogP contribution >= 0.6 is 11.6 Å². The van der Waals surface area contributed by atoms with Crippen LogP contribution in [-0.2, 0) is 4.79 Å². The van der Waals surface area contributed by atoms with Crippen LogP contribution in [-0.4, -0.2) is 23.9 Å². The Morgan fingerprint density at radius 1 is 1.53 bits per heavy atom. The standard InChI is InChI=1S/C12H14ClN3O3/c1-7-5-14-6-9(7)12(17)15-10-3-2-8(13)4-11(10)16(18)19/h2-4,7,9,14H,5-6H2,1H3,(H,15,17). The first-order valence-electron chi connectivity index (χ1n) is 5.94. The van der Waals surface area contributed by atoms with Crippen molar-refractivity contribution in [3.05, 3.63) is 33.3 Å². The molecule has 0 spiro atoms. The minimum Gasteiger partial charge on any atom is -0.320 e. The summed E-state index contributed by atoms with van der Waals surface area (Å²) in [5, 5.41) is 16.9. The molecule has 1 aliphatic heterocycles. The molecule has 19 heavy (non-hydrogen) atoms. The van der Waals surface area contributed by atoms with E-state index in [-0.39, 0.29) is 34.1 Å². The van der Waals surface area contributed by atoms with Crippen LogP contribution in [0.15, 0.2) is 18.2 Å². The molecule has 6 nitrogen and oxygen atoms in total. The minimum absolute atomic E-state index is 0.171. The van der Waals surface area contributed by atoms with Crippen molar-refractivity contribution in [2.75, 3.05) is 18.4 Å². The zero-order valence-electron chi connectivity index (χ0n) is 10.4. The maximum atomic E-state index is 12.1. The van der Waals surface area contributed by atoms with Crippen LogP contribution in [0.3, 0.4) is 0 Å². The summed E-state index contributed by atoms with van der Waals surface area (Å²) in [6.07, 6.45) is 0. The zero-order chi connectivity index (χ0) is 14.0. The fourth-order valence-electron chi connectivity index (χ4n) is 2.15. The van der Waals surface area contributed by atoms with E-state index >= 15 is 0 Å². The third-order valence-electron chi connectivity index (χ3n) is 3.27. The lowest BCUT2D eigenvalue weighted by molar-refractivity contribution is -0.383. The molecule has 0 aliphatic carbocycles. The minimum atomic E-state index is -0.558.